The van der Waals surface area contributed by atoms with Gasteiger partial charge in [-0.3, -0.25) is 24.0 Å². The maximum absolute atomic E-state index is 13.6. The van der Waals surface area contributed by atoms with Gasteiger partial charge in [-0.05, 0) is 47.1 Å². The van der Waals surface area contributed by atoms with Gasteiger partial charge in [-0.15, -0.1) is 15.7 Å². The molecule has 2 aromatic rings. The highest BCUT2D eigenvalue weighted by atomic mass is 32.3. The number of aliphatic carboxylic acids is 1. The van der Waals surface area contributed by atoms with E-state index in [2.05, 4.69) is 8.75 Å². The molecule has 0 spiro atoms. The Morgan fingerprint density at radius 3 is 2.18 bits per heavy atom. The first-order valence-electron chi connectivity index (χ1n) is 20.2. The number of nitrogens with two attached hydrogens (primary N) is 1. The second-order valence-electron chi connectivity index (χ2n) is 15.6. The highest BCUT2D eigenvalue weighted by Crippen LogP contribution is 2.45. The number of carbonyl (C=O) groups excluding carboxylic acids is 6. The Morgan fingerprint density at radius 1 is 0.955 bits per heavy atom. The van der Waals surface area contributed by atoms with E-state index in [1.54, 1.807) is 27.7 Å². The van der Waals surface area contributed by atoms with Crippen LogP contribution in [-0.2, 0) is 77.0 Å². The predicted molar refractivity (Wildman–Crippen MR) is 227 cm³/mol. The van der Waals surface area contributed by atoms with Gasteiger partial charge in [-0.2, -0.15) is 4.37 Å². The molecule has 368 valence electrons. The van der Waals surface area contributed by atoms with E-state index in [1.807, 2.05) is 4.90 Å². The lowest BCUT2D eigenvalue weighted by Crippen LogP contribution is -2.52. The molecule has 2 amide bonds. The van der Waals surface area contributed by atoms with Crippen LogP contribution in [-0.4, -0.2) is 165 Å². The van der Waals surface area contributed by atoms with Gasteiger partial charge in [0.25, 0.3) is 11.8 Å². The Bertz CT molecular complexity index is 2310. The summed E-state index contributed by atoms with van der Waals surface area (Å²) >= 11 is 1.37. The molecule has 2 aromatic heterocycles. The Hall–Kier alpha value is -5.23. The van der Waals surface area contributed by atoms with Gasteiger partial charge in [0.1, 0.15) is 15.0 Å². The van der Waals surface area contributed by atoms with Crippen LogP contribution in [0.4, 0.5) is 10.6 Å². The molecule has 66 heavy (non-hydrogen) atoms. The number of sulfonamides is 1. The lowest BCUT2D eigenvalue weighted by molar-refractivity contribution is -0.167. The van der Waals surface area contributed by atoms with Gasteiger partial charge < -0.3 is 53.0 Å². The average Bonchev–Trinajstić information content (AvgIpc) is 3.93. The van der Waals surface area contributed by atoms with E-state index < -0.39 is 135 Å². The maximum atomic E-state index is 13.6. The van der Waals surface area contributed by atoms with Gasteiger partial charge in [0.2, 0.25) is 22.6 Å². The number of fused-ring (bicyclic) bond motifs is 1. The number of primary sulfonamides is 1. The number of carbonyl (C=O) groups is 7. The molecule has 0 radical (unpaired) electrons. The van der Waals surface area contributed by atoms with Crippen molar-refractivity contribution in [2.75, 3.05) is 70.9 Å². The second kappa shape index (κ2) is 23.5. The molecular formula is C37H52N6O19S4. The third-order valence-electron chi connectivity index (χ3n) is 9.78. The van der Waals surface area contributed by atoms with Crippen LogP contribution in [0.15, 0.2) is 14.5 Å². The number of esters is 4. The number of thiophene rings is 1. The van der Waals surface area contributed by atoms with Crippen molar-refractivity contribution in [3.63, 3.8) is 0 Å². The molecule has 4 rings (SSSR count). The minimum absolute atomic E-state index is 0.00377. The monoisotopic (exact) mass is 1010 g/mol. The number of hydrogen-bond donors (Lipinski definition) is 2. The summed E-state index contributed by atoms with van der Waals surface area (Å²) < 4.78 is 94.7. The molecule has 0 saturated carbocycles. The Balaban J connectivity index is 1.31. The zero-order chi connectivity index (χ0) is 49.0. The summed E-state index contributed by atoms with van der Waals surface area (Å²) in [6, 6.07) is 0.198. The van der Waals surface area contributed by atoms with E-state index in [0.29, 0.717) is 43.5 Å². The van der Waals surface area contributed by atoms with Crippen molar-refractivity contribution in [2.24, 2.45) is 5.14 Å². The number of ether oxygens (including phenoxy) is 7. The number of morpholine rings is 1. The van der Waals surface area contributed by atoms with Gasteiger partial charge in [0, 0.05) is 30.7 Å². The molecule has 0 aliphatic carbocycles. The van der Waals surface area contributed by atoms with Crippen LogP contribution in [0.3, 0.4) is 0 Å². The lowest BCUT2D eigenvalue weighted by atomic mass is 10.0. The largest absolute Gasteiger partial charge is 0.481 e. The van der Waals surface area contributed by atoms with E-state index in [0.717, 1.165) is 22.7 Å². The molecule has 3 atom stereocenters. The molecule has 2 aliphatic heterocycles. The number of carboxylic acids is 1. The van der Waals surface area contributed by atoms with Crippen molar-refractivity contribution >= 4 is 90.6 Å². The molecule has 2 aliphatic rings. The fraction of sp³-hybridized carbons (Fsp3) is 0.649. The quantitative estimate of drug-likeness (QED) is 0.0944. The molecule has 3 N–H and O–H groups in total. The number of amides is 2. The predicted octanol–water partition coefficient (Wildman–Crippen LogP) is 0.999. The number of aromatic nitrogens is 2. The maximum Gasteiger partial charge on any atom is 0.413 e. The summed E-state index contributed by atoms with van der Waals surface area (Å²) in [6.45, 7) is 6.63. The van der Waals surface area contributed by atoms with Crippen LogP contribution in [0.2, 0.25) is 0 Å². The molecule has 1 fully saturated rings. The molecule has 4 heterocycles. The Morgan fingerprint density at radius 2 is 1.58 bits per heavy atom. The number of rotatable bonds is 22. The van der Waals surface area contributed by atoms with Crippen molar-refractivity contribution in [3.8, 4) is 5.88 Å². The van der Waals surface area contributed by atoms with E-state index in [1.165, 1.54) is 11.8 Å². The van der Waals surface area contributed by atoms with Gasteiger partial charge in [0.15, 0.2) is 29.2 Å². The summed E-state index contributed by atoms with van der Waals surface area (Å²) in [7, 11) is -8.17. The van der Waals surface area contributed by atoms with Crippen molar-refractivity contribution in [2.45, 2.75) is 98.1 Å². The second-order valence-corrected chi connectivity index (χ2v) is 21.5. The first-order chi connectivity index (χ1) is 30.9. The van der Waals surface area contributed by atoms with E-state index in [9.17, 15) is 50.4 Å². The van der Waals surface area contributed by atoms with Crippen molar-refractivity contribution in [1.29, 1.82) is 0 Å². The standard InChI is InChI=1S/C37H52N6O19S4/c1-6-42(25-15-22(2)65(52,53)35-24(25)16-32(63-35)66(38,54)55)36(51)61-21-60-30(49)10-9-29(48)57-19-26(44)43(37(3,4)5)17-23(62-31(50)20-58-28(47)8-7-27(45)46)18-59-34-33(39-64-40-34)41-11-13-56-14-12-41/h16,22-23,25H,6-15,17-21H2,1-5H3,(H,45,46)(H2,38,54,55)/t22-,23-,25-/m0/s1. The van der Waals surface area contributed by atoms with E-state index in [4.69, 9.17) is 43.4 Å². The average molecular weight is 1010 g/mol. The summed E-state index contributed by atoms with van der Waals surface area (Å²) in [6.07, 6.45) is -4.41. The van der Waals surface area contributed by atoms with Crippen molar-refractivity contribution in [1.82, 2.24) is 18.5 Å². The topological polar surface area (TPSA) is 334 Å². The number of anilines is 1. The van der Waals surface area contributed by atoms with Crippen LogP contribution in [0.1, 0.15) is 78.3 Å². The highest BCUT2D eigenvalue weighted by Gasteiger charge is 2.43. The Labute approximate surface area is 388 Å². The molecule has 25 nitrogen and oxygen atoms in total. The van der Waals surface area contributed by atoms with Crippen LogP contribution in [0.25, 0.3) is 0 Å². The first-order valence-corrected chi connectivity index (χ1v) is 24.9. The van der Waals surface area contributed by atoms with Crippen molar-refractivity contribution in [3.05, 3.63) is 11.6 Å². The van der Waals surface area contributed by atoms with Gasteiger partial charge in [0.05, 0.1) is 68.5 Å². The lowest BCUT2D eigenvalue weighted by Gasteiger charge is -2.37. The highest BCUT2D eigenvalue weighted by molar-refractivity contribution is 7.95. The minimum atomic E-state index is -4.26. The molecule has 1 saturated heterocycles. The van der Waals surface area contributed by atoms with Gasteiger partial charge >= 0.3 is 35.9 Å². The van der Waals surface area contributed by atoms with Crippen molar-refractivity contribution < 1.29 is 88.7 Å². The van der Waals surface area contributed by atoms with Crippen LogP contribution in [0, 0.1) is 0 Å². The van der Waals surface area contributed by atoms with E-state index in [-0.39, 0.29) is 41.8 Å². The third-order valence-corrected chi connectivity index (χ3v) is 15.6. The van der Waals surface area contributed by atoms with Gasteiger partial charge in [-0.25, -0.2) is 31.6 Å². The van der Waals surface area contributed by atoms with Gasteiger partial charge in [-0.1, -0.05) is 0 Å². The van der Waals surface area contributed by atoms with Crippen LogP contribution in [0.5, 0.6) is 5.88 Å². The summed E-state index contributed by atoms with van der Waals surface area (Å²) in [5.74, 6) is -5.37. The van der Waals surface area contributed by atoms with Crippen LogP contribution < -0.4 is 14.8 Å². The Kier molecular flexibility index (Phi) is 19.0. The fourth-order valence-electron chi connectivity index (χ4n) is 6.41. The number of sulfone groups is 1. The zero-order valence-corrected chi connectivity index (χ0v) is 39.9. The molecule has 0 unspecified atom stereocenters. The fourth-order valence-corrected chi connectivity index (χ4v) is 11.3. The number of hydrogen-bond acceptors (Lipinski definition) is 23. The molecular weight excluding hydrogens is 961 g/mol. The summed E-state index contributed by atoms with van der Waals surface area (Å²) in [5, 5.41) is 13.1. The molecule has 0 aromatic carbocycles. The number of carboxylic acid groups (broad SMARTS) is 1. The minimum Gasteiger partial charge on any atom is -0.481 e. The summed E-state index contributed by atoms with van der Waals surface area (Å²) in [4.78, 5) is 91.6. The summed E-state index contributed by atoms with van der Waals surface area (Å²) in [5.41, 5.74) is -0.909. The number of nitrogens with zero attached hydrogens (tertiary/aromatic N) is 5. The smallest absolute Gasteiger partial charge is 0.413 e. The molecule has 29 heteroatoms. The zero-order valence-electron chi connectivity index (χ0n) is 36.7. The first kappa shape index (κ1) is 53.4. The van der Waals surface area contributed by atoms with Crippen LogP contribution >= 0.6 is 23.1 Å². The van der Waals surface area contributed by atoms with E-state index >= 15 is 0 Å². The molecule has 0 bridgehead atoms. The third kappa shape index (κ3) is 15.2. The normalized spacial score (nSPS) is 17.3. The SMILES string of the molecule is CCN(C(=O)OCOC(=O)CCC(=O)OCC(=O)N(C[C@@H](COc1nsnc1N1CCOCC1)OC(=O)COC(=O)CCC(=O)O)C(C)(C)C)[C@H]1C[C@H](C)S(=O)(=O)c2sc(S(N)(=O)=O)cc21.